The Bertz CT molecular complexity index is 184. The zero-order chi connectivity index (χ0) is 8.27. The highest BCUT2D eigenvalue weighted by Crippen LogP contribution is 2.20. The number of carbonyl (C=O) groups is 1. The van der Waals surface area contributed by atoms with Crippen molar-refractivity contribution in [3.8, 4) is 0 Å². The van der Waals surface area contributed by atoms with Crippen LogP contribution in [0.5, 0.6) is 0 Å². The number of hydrogen-bond donors (Lipinski definition) is 0. The molecular weight excluding hydrogens is 144 g/mol. The minimum absolute atomic E-state index is 0.244. The number of cyclic esters (lactones) is 1. The first-order valence-corrected chi connectivity index (χ1v) is 3.75. The van der Waals surface area contributed by atoms with Crippen LogP contribution in [0.2, 0.25) is 0 Å². The van der Waals surface area contributed by atoms with E-state index >= 15 is 0 Å². The van der Waals surface area contributed by atoms with Crippen LogP contribution in [0.4, 0.5) is 0 Å². The van der Waals surface area contributed by atoms with Gasteiger partial charge in [-0.1, -0.05) is 6.08 Å². The van der Waals surface area contributed by atoms with Crippen LogP contribution in [-0.2, 0) is 14.3 Å². The number of allylic oxidation sites excluding steroid dienone is 1. The molecule has 0 amide bonds. The third-order valence-electron chi connectivity index (χ3n) is 1.59. The molecule has 0 bridgehead atoms. The fourth-order valence-electron chi connectivity index (χ4n) is 1.01. The first kappa shape index (κ1) is 8.27. The lowest BCUT2D eigenvalue weighted by molar-refractivity contribution is -0.160. The van der Waals surface area contributed by atoms with Crippen LogP contribution < -0.4 is 0 Å². The highest BCUT2D eigenvalue weighted by molar-refractivity contribution is 5.90. The molecule has 0 N–H and O–H groups in total. The van der Waals surface area contributed by atoms with E-state index in [0.717, 1.165) is 0 Å². The van der Waals surface area contributed by atoms with E-state index in [9.17, 15) is 4.79 Å². The summed E-state index contributed by atoms with van der Waals surface area (Å²) in [5.74, 6) is -0.244. The van der Waals surface area contributed by atoms with Gasteiger partial charge in [-0.15, -0.1) is 0 Å². The largest absolute Gasteiger partial charge is 0.432 e. The fraction of sp³-hybridized carbons (Fsp3) is 0.625. The van der Waals surface area contributed by atoms with E-state index in [0.29, 0.717) is 18.6 Å². The van der Waals surface area contributed by atoms with Crippen LogP contribution in [0.1, 0.15) is 20.3 Å². The molecule has 1 unspecified atom stereocenters. The molecule has 1 aliphatic heterocycles. The second-order valence-electron chi connectivity index (χ2n) is 2.31. The number of esters is 1. The zero-order valence-corrected chi connectivity index (χ0v) is 6.79. The molecule has 0 aromatic heterocycles. The minimum Gasteiger partial charge on any atom is -0.432 e. The molecule has 11 heavy (non-hydrogen) atoms. The van der Waals surface area contributed by atoms with Crippen LogP contribution in [0.25, 0.3) is 0 Å². The van der Waals surface area contributed by atoms with Gasteiger partial charge in [0.1, 0.15) is 0 Å². The van der Waals surface area contributed by atoms with Gasteiger partial charge in [-0.2, -0.15) is 0 Å². The average Bonchev–Trinajstić information content (AvgIpc) is 2.32. The van der Waals surface area contributed by atoms with Crippen LogP contribution in [-0.4, -0.2) is 18.9 Å². The molecule has 0 radical (unpaired) electrons. The molecule has 0 spiro atoms. The van der Waals surface area contributed by atoms with Crippen molar-refractivity contribution in [3.05, 3.63) is 11.6 Å². The van der Waals surface area contributed by atoms with E-state index in [1.54, 1.807) is 6.08 Å². The quantitative estimate of drug-likeness (QED) is 0.445. The Hall–Kier alpha value is -0.830. The molecule has 3 heteroatoms. The van der Waals surface area contributed by atoms with Gasteiger partial charge in [0.05, 0.1) is 0 Å². The summed E-state index contributed by atoms with van der Waals surface area (Å²) in [6.07, 6.45) is 2.00. The minimum atomic E-state index is -0.348. The van der Waals surface area contributed by atoms with Gasteiger partial charge in [0.15, 0.2) is 0 Å². The topological polar surface area (TPSA) is 35.5 Å². The van der Waals surface area contributed by atoms with E-state index < -0.39 is 0 Å². The normalized spacial score (nSPS) is 27.6. The Morgan fingerprint density at radius 3 is 3.00 bits per heavy atom. The van der Waals surface area contributed by atoms with Gasteiger partial charge in [-0.05, 0) is 13.8 Å². The maximum Gasteiger partial charge on any atom is 0.336 e. The Morgan fingerprint density at radius 1 is 1.82 bits per heavy atom. The van der Waals surface area contributed by atoms with Crippen molar-refractivity contribution in [2.75, 3.05) is 6.61 Å². The molecule has 0 aliphatic carbocycles. The molecule has 3 nitrogen and oxygen atoms in total. The van der Waals surface area contributed by atoms with E-state index in [1.807, 2.05) is 13.8 Å². The van der Waals surface area contributed by atoms with Crippen molar-refractivity contribution in [2.24, 2.45) is 0 Å². The SMILES string of the molecule is C/C=C1/CC(OCC)OC1=O. The summed E-state index contributed by atoms with van der Waals surface area (Å²) in [4.78, 5) is 10.9. The Morgan fingerprint density at radius 2 is 2.55 bits per heavy atom. The number of hydrogen-bond acceptors (Lipinski definition) is 3. The Labute approximate surface area is 66.0 Å². The van der Waals surface area contributed by atoms with Crippen LogP contribution >= 0.6 is 0 Å². The van der Waals surface area contributed by atoms with Crippen molar-refractivity contribution >= 4 is 5.97 Å². The van der Waals surface area contributed by atoms with Gasteiger partial charge >= 0.3 is 5.97 Å². The summed E-state index contributed by atoms with van der Waals surface area (Å²) < 4.78 is 10.00. The van der Waals surface area contributed by atoms with Crippen LogP contribution in [0, 0.1) is 0 Å². The average molecular weight is 156 g/mol. The summed E-state index contributed by atoms with van der Waals surface area (Å²) in [6, 6.07) is 0. The van der Waals surface area contributed by atoms with Gasteiger partial charge in [-0.3, -0.25) is 0 Å². The molecule has 0 aromatic carbocycles. The van der Waals surface area contributed by atoms with Gasteiger partial charge in [0.25, 0.3) is 0 Å². The first-order chi connectivity index (χ1) is 5.27. The van der Waals surface area contributed by atoms with Crippen molar-refractivity contribution in [3.63, 3.8) is 0 Å². The number of carbonyl (C=O) groups excluding carboxylic acids is 1. The summed E-state index contributed by atoms with van der Waals surface area (Å²) in [6.45, 7) is 4.28. The smallest absolute Gasteiger partial charge is 0.336 e. The molecule has 1 heterocycles. The fourth-order valence-corrected chi connectivity index (χ4v) is 1.01. The monoisotopic (exact) mass is 156 g/mol. The van der Waals surface area contributed by atoms with Crippen LogP contribution in [0.15, 0.2) is 11.6 Å². The third-order valence-corrected chi connectivity index (χ3v) is 1.59. The van der Waals surface area contributed by atoms with E-state index in [2.05, 4.69) is 0 Å². The molecule has 1 saturated heterocycles. The summed E-state index contributed by atoms with van der Waals surface area (Å²) in [5.41, 5.74) is 0.712. The maximum atomic E-state index is 10.9. The second-order valence-corrected chi connectivity index (χ2v) is 2.31. The van der Waals surface area contributed by atoms with Crippen molar-refractivity contribution < 1.29 is 14.3 Å². The Kier molecular flexibility index (Phi) is 2.65. The predicted molar refractivity (Wildman–Crippen MR) is 39.9 cm³/mol. The number of rotatable bonds is 2. The Balaban J connectivity index is 2.50. The van der Waals surface area contributed by atoms with E-state index in [4.69, 9.17) is 9.47 Å². The zero-order valence-electron chi connectivity index (χ0n) is 6.79. The lowest BCUT2D eigenvalue weighted by Gasteiger charge is -2.06. The predicted octanol–water partition coefficient (Wildman–Crippen LogP) is 1.24. The van der Waals surface area contributed by atoms with Crippen molar-refractivity contribution in [1.82, 2.24) is 0 Å². The standard InChI is InChI=1S/C8H12O3/c1-3-6-5-7(10-4-2)11-8(6)9/h3,7H,4-5H2,1-2H3/b6-3-. The van der Waals surface area contributed by atoms with Gasteiger partial charge in [0, 0.05) is 18.6 Å². The highest BCUT2D eigenvalue weighted by Gasteiger charge is 2.27. The summed E-state index contributed by atoms with van der Waals surface area (Å²) in [5, 5.41) is 0. The van der Waals surface area contributed by atoms with Crippen molar-refractivity contribution in [2.45, 2.75) is 26.6 Å². The lowest BCUT2D eigenvalue weighted by Crippen LogP contribution is -2.10. The highest BCUT2D eigenvalue weighted by atomic mass is 16.7. The van der Waals surface area contributed by atoms with Gasteiger partial charge < -0.3 is 9.47 Å². The van der Waals surface area contributed by atoms with E-state index in [-0.39, 0.29) is 12.3 Å². The molecule has 62 valence electrons. The molecule has 1 fully saturated rings. The molecule has 0 saturated carbocycles. The first-order valence-electron chi connectivity index (χ1n) is 3.75. The van der Waals surface area contributed by atoms with Gasteiger partial charge in [0.2, 0.25) is 6.29 Å². The van der Waals surface area contributed by atoms with Crippen molar-refractivity contribution in [1.29, 1.82) is 0 Å². The second kappa shape index (κ2) is 3.53. The molecule has 1 atom stereocenters. The molecule has 1 rings (SSSR count). The van der Waals surface area contributed by atoms with E-state index in [1.165, 1.54) is 0 Å². The molecule has 1 aliphatic rings. The summed E-state index contributed by atoms with van der Waals surface area (Å²) in [7, 11) is 0. The molecular formula is C8H12O3. The van der Waals surface area contributed by atoms with Crippen LogP contribution in [0.3, 0.4) is 0 Å². The molecule has 0 aromatic rings. The summed E-state index contributed by atoms with van der Waals surface area (Å²) >= 11 is 0. The lowest BCUT2D eigenvalue weighted by atomic mass is 10.2. The third kappa shape index (κ3) is 1.80. The number of ether oxygens (including phenoxy) is 2. The van der Waals surface area contributed by atoms with Gasteiger partial charge in [-0.25, -0.2) is 4.79 Å². The maximum absolute atomic E-state index is 10.9.